The standard InChI is InChI=1S/C15H21NO2/c1-15(10-12-6-3-2-4-7-12)11-13(8-5-9-17)14(18)16-15/h2-4,6-7,13,17H,5,8-11H2,1H3,(H,16,18). The molecule has 1 saturated heterocycles. The van der Waals surface area contributed by atoms with Crippen molar-refractivity contribution in [2.45, 2.75) is 38.1 Å². The van der Waals surface area contributed by atoms with Crippen LogP contribution in [0.4, 0.5) is 0 Å². The Labute approximate surface area is 108 Å². The second-order valence-electron chi connectivity index (χ2n) is 5.48. The first kappa shape index (κ1) is 13.1. The Bertz CT molecular complexity index is 404. The Morgan fingerprint density at radius 2 is 2.11 bits per heavy atom. The molecular formula is C15H21NO2. The van der Waals surface area contributed by atoms with Gasteiger partial charge in [0.1, 0.15) is 0 Å². The zero-order chi connectivity index (χ0) is 13.0. The van der Waals surface area contributed by atoms with Gasteiger partial charge in [0.05, 0.1) is 0 Å². The lowest BCUT2D eigenvalue weighted by atomic mass is 9.87. The summed E-state index contributed by atoms with van der Waals surface area (Å²) in [4.78, 5) is 11.9. The zero-order valence-corrected chi connectivity index (χ0v) is 10.9. The summed E-state index contributed by atoms with van der Waals surface area (Å²) < 4.78 is 0. The van der Waals surface area contributed by atoms with Crippen molar-refractivity contribution < 1.29 is 9.90 Å². The summed E-state index contributed by atoms with van der Waals surface area (Å²) in [6, 6.07) is 10.2. The van der Waals surface area contributed by atoms with Crippen LogP contribution in [-0.2, 0) is 11.2 Å². The average molecular weight is 247 g/mol. The van der Waals surface area contributed by atoms with Crippen molar-refractivity contribution in [3.8, 4) is 0 Å². The van der Waals surface area contributed by atoms with Gasteiger partial charge >= 0.3 is 0 Å². The molecule has 0 aromatic heterocycles. The van der Waals surface area contributed by atoms with Crippen molar-refractivity contribution in [2.75, 3.05) is 6.61 Å². The fourth-order valence-electron chi connectivity index (χ4n) is 2.82. The Hall–Kier alpha value is -1.35. The highest BCUT2D eigenvalue weighted by molar-refractivity contribution is 5.82. The van der Waals surface area contributed by atoms with E-state index < -0.39 is 0 Å². The summed E-state index contributed by atoms with van der Waals surface area (Å²) in [6.07, 6.45) is 3.22. The number of carbonyl (C=O) groups is 1. The summed E-state index contributed by atoms with van der Waals surface area (Å²) in [6.45, 7) is 2.27. The van der Waals surface area contributed by atoms with Gasteiger partial charge in [-0.15, -0.1) is 0 Å². The maximum absolute atomic E-state index is 11.9. The van der Waals surface area contributed by atoms with E-state index in [-0.39, 0.29) is 24.0 Å². The van der Waals surface area contributed by atoms with E-state index in [0.29, 0.717) is 6.42 Å². The van der Waals surface area contributed by atoms with Crippen molar-refractivity contribution >= 4 is 5.91 Å². The first-order valence-corrected chi connectivity index (χ1v) is 6.60. The topological polar surface area (TPSA) is 49.3 Å². The third kappa shape index (κ3) is 3.10. The molecule has 3 nitrogen and oxygen atoms in total. The van der Waals surface area contributed by atoms with Crippen LogP contribution in [0.25, 0.3) is 0 Å². The van der Waals surface area contributed by atoms with Crippen molar-refractivity contribution in [3.63, 3.8) is 0 Å². The van der Waals surface area contributed by atoms with Crippen LogP contribution in [0.15, 0.2) is 30.3 Å². The summed E-state index contributed by atoms with van der Waals surface area (Å²) in [7, 11) is 0. The quantitative estimate of drug-likeness (QED) is 0.835. The highest BCUT2D eigenvalue weighted by atomic mass is 16.3. The van der Waals surface area contributed by atoms with Gasteiger partial charge in [-0.1, -0.05) is 30.3 Å². The monoisotopic (exact) mass is 247 g/mol. The van der Waals surface area contributed by atoms with Crippen molar-refractivity contribution in [2.24, 2.45) is 5.92 Å². The molecule has 0 bridgehead atoms. The van der Waals surface area contributed by atoms with Gasteiger partial charge in [-0.2, -0.15) is 0 Å². The summed E-state index contributed by atoms with van der Waals surface area (Å²) in [5, 5.41) is 12.0. The van der Waals surface area contributed by atoms with Gasteiger partial charge in [-0.3, -0.25) is 4.79 Å². The molecule has 2 unspecified atom stereocenters. The summed E-state index contributed by atoms with van der Waals surface area (Å²) in [5.74, 6) is 0.202. The molecule has 0 radical (unpaired) electrons. The van der Waals surface area contributed by atoms with E-state index in [9.17, 15) is 4.79 Å². The highest BCUT2D eigenvalue weighted by Gasteiger charge is 2.39. The minimum absolute atomic E-state index is 0.0610. The number of amides is 1. The Morgan fingerprint density at radius 1 is 1.39 bits per heavy atom. The van der Waals surface area contributed by atoms with Crippen LogP contribution in [0.2, 0.25) is 0 Å². The molecule has 1 heterocycles. The molecule has 1 aromatic rings. The predicted octanol–water partition coefficient (Wildman–Crippen LogP) is 1.90. The lowest BCUT2D eigenvalue weighted by Gasteiger charge is -2.24. The molecule has 0 saturated carbocycles. The van der Waals surface area contributed by atoms with Gasteiger partial charge in [0, 0.05) is 18.1 Å². The number of nitrogens with one attached hydrogen (secondary N) is 1. The van der Waals surface area contributed by atoms with E-state index >= 15 is 0 Å². The van der Waals surface area contributed by atoms with Crippen molar-refractivity contribution in [1.29, 1.82) is 0 Å². The molecule has 2 rings (SSSR count). The number of hydrogen-bond donors (Lipinski definition) is 2. The van der Waals surface area contributed by atoms with Crippen LogP contribution in [0.3, 0.4) is 0 Å². The van der Waals surface area contributed by atoms with Gasteiger partial charge in [0.25, 0.3) is 0 Å². The number of benzene rings is 1. The molecular weight excluding hydrogens is 226 g/mol. The summed E-state index contributed by atoms with van der Waals surface area (Å²) in [5.41, 5.74) is 1.11. The first-order valence-electron chi connectivity index (χ1n) is 6.60. The molecule has 18 heavy (non-hydrogen) atoms. The Kier molecular flexibility index (Phi) is 4.02. The first-order chi connectivity index (χ1) is 8.63. The van der Waals surface area contributed by atoms with Crippen LogP contribution in [0.1, 0.15) is 31.7 Å². The van der Waals surface area contributed by atoms with E-state index in [1.54, 1.807) is 0 Å². The second-order valence-corrected chi connectivity index (χ2v) is 5.48. The average Bonchev–Trinajstić information content (AvgIpc) is 2.62. The van der Waals surface area contributed by atoms with Crippen molar-refractivity contribution in [1.82, 2.24) is 5.32 Å². The number of aliphatic hydroxyl groups is 1. The van der Waals surface area contributed by atoms with E-state index in [1.165, 1.54) is 5.56 Å². The fourth-order valence-corrected chi connectivity index (χ4v) is 2.82. The number of hydrogen-bond acceptors (Lipinski definition) is 2. The van der Waals surface area contributed by atoms with Crippen LogP contribution in [-0.4, -0.2) is 23.2 Å². The molecule has 2 atom stereocenters. The zero-order valence-electron chi connectivity index (χ0n) is 10.9. The number of aliphatic hydroxyl groups excluding tert-OH is 1. The summed E-state index contributed by atoms with van der Waals surface area (Å²) >= 11 is 0. The van der Waals surface area contributed by atoms with E-state index in [2.05, 4.69) is 24.4 Å². The van der Waals surface area contributed by atoms with Gasteiger partial charge in [-0.25, -0.2) is 0 Å². The molecule has 1 amide bonds. The van der Waals surface area contributed by atoms with Gasteiger partial charge in [-0.05, 0) is 38.2 Å². The predicted molar refractivity (Wildman–Crippen MR) is 71.1 cm³/mol. The second kappa shape index (κ2) is 5.53. The molecule has 1 aliphatic heterocycles. The normalized spacial score (nSPS) is 27.2. The minimum atomic E-state index is -0.140. The lowest BCUT2D eigenvalue weighted by Crippen LogP contribution is -2.40. The molecule has 1 aliphatic rings. The lowest BCUT2D eigenvalue weighted by molar-refractivity contribution is -0.123. The van der Waals surface area contributed by atoms with E-state index in [1.807, 2.05) is 18.2 Å². The van der Waals surface area contributed by atoms with Gasteiger partial charge in [0.15, 0.2) is 0 Å². The van der Waals surface area contributed by atoms with Crippen LogP contribution >= 0.6 is 0 Å². The van der Waals surface area contributed by atoms with Crippen LogP contribution < -0.4 is 5.32 Å². The third-order valence-electron chi connectivity index (χ3n) is 3.64. The highest BCUT2D eigenvalue weighted by Crippen LogP contribution is 2.30. The number of rotatable bonds is 5. The minimum Gasteiger partial charge on any atom is -0.396 e. The molecule has 0 spiro atoms. The van der Waals surface area contributed by atoms with Crippen LogP contribution in [0.5, 0.6) is 0 Å². The molecule has 3 heteroatoms. The molecule has 0 aliphatic carbocycles. The Morgan fingerprint density at radius 3 is 2.78 bits per heavy atom. The van der Waals surface area contributed by atoms with Gasteiger partial charge < -0.3 is 10.4 Å². The van der Waals surface area contributed by atoms with E-state index in [0.717, 1.165) is 19.3 Å². The molecule has 1 aromatic carbocycles. The maximum atomic E-state index is 11.9. The molecule has 2 N–H and O–H groups in total. The SMILES string of the molecule is CC1(Cc2ccccc2)CC(CCCO)C(=O)N1. The van der Waals surface area contributed by atoms with Gasteiger partial charge in [0.2, 0.25) is 5.91 Å². The maximum Gasteiger partial charge on any atom is 0.223 e. The smallest absolute Gasteiger partial charge is 0.223 e. The molecule has 98 valence electrons. The van der Waals surface area contributed by atoms with Crippen molar-refractivity contribution in [3.05, 3.63) is 35.9 Å². The number of carbonyl (C=O) groups excluding carboxylic acids is 1. The van der Waals surface area contributed by atoms with E-state index in [4.69, 9.17) is 5.11 Å². The fraction of sp³-hybridized carbons (Fsp3) is 0.533. The Balaban J connectivity index is 1.98. The van der Waals surface area contributed by atoms with Crippen LogP contribution in [0, 0.1) is 5.92 Å². The largest absolute Gasteiger partial charge is 0.396 e. The third-order valence-corrected chi connectivity index (χ3v) is 3.64. The molecule has 1 fully saturated rings.